The number of benzene rings is 1. The van der Waals surface area contributed by atoms with Crippen LogP contribution in [0.1, 0.15) is 11.9 Å². The first-order chi connectivity index (χ1) is 7.68. The molecule has 0 bridgehead atoms. The minimum atomic E-state index is -1.25. The standard InChI is InChI=1S/C9H9N5O2/c10-7(9(15)16)8-11-13-14(12-8)6-4-2-1-3-5-6/h1-5,7H,10H2,(H,15,16). The average molecular weight is 219 g/mol. The van der Waals surface area contributed by atoms with Gasteiger partial charge < -0.3 is 10.8 Å². The van der Waals surface area contributed by atoms with Gasteiger partial charge in [-0.2, -0.15) is 0 Å². The van der Waals surface area contributed by atoms with Gasteiger partial charge in [-0.25, -0.2) is 0 Å². The van der Waals surface area contributed by atoms with Crippen LogP contribution >= 0.6 is 0 Å². The Morgan fingerprint density at radius 1 is 1.38 bits per heavy atom. The number of nitrogens with two attached hydrogens (primary N) is 1. The van der Waals surface area contributed by atoms with Crippen molar-refractivity contribution in [1.29, 1.82) is 0 Å². The third-order valence-electron chi connectivity index (χ3n) is 1.96. The number of nitrogens with zero attached hydrogens (tertiary/aromatic N) is 4. The fourth-order valence-electron chi connectivity index (χ4n) is 1.13. The number of para-hydroxylation sites is 1. The Morgan fingerprint density at radius 2 is 2.06 bits per heavy atom. The Labute approximate surface area is 90.5 Å². The highest BCUT2D eigenvalue weighted by Crippen LogP contribution is 2.06. The van der Waals surface area contributed by atoms with Crippen molar-refractivity contribution in [1.82, 2.24) is 20.2 Å². The van der Waals surface area contributed by atoms with Crippen LogP contribution < -0.4 is 5.73 Å². The van der Waals surface area contributed by atoms with Crippen molar-refractivity contribution >= 4 is 5.97 Å². The van der Waals surface area contributed by atoms with Crippen LogP contribution in [0.4, 0.5) is 0 Å². The lowest BCUT2D eigenvalue weighted by molar-refractivity contribution is -0.138. The fraction of sp³-hybridized carbons (Fsp3) is 0.111. The van der Waals surface area contributed by atoms with Crippen molar-refractivity contribution in [3.63, 3.8) is 0 Å². The molecule has 0 spiro atoms. The third-order valence-corrected chi connectivity index (χ3v) is 1.96. The zero-order valence-corrected chi connectivity index (χ0v) is 8.19. The highest BCUT2D eigenvalue weighted by atomic mass is 16.4. The van der Waals surface area contributed by atoms with E-state index in [9.17, 15) is 4.79 Å². The topological polar surface area (TPSA) is 107 Å². The molecule has 0 saturated heterocycles. The van der Waals surface area contributed by atoms with E-state index in [0.717, 1.165) is 0 Å². The molecule has 0 saturated carbocycles. The quantitative estimate of drug-likeness (QED) is 0.736. The Kier molecular flexibility index (Phi) is 2.61. The van der Waals surface area contributed by atoms with Crippen LogP contribution in [0.15, 0.2) is 30.3 Å². The van der Waals surface area contributed by atoms with Gasteiger partial charge in [0.2, 0.25) is 5.82 Å². The minimum Gasteiger partial charge on any atom is -0.480 e. The van der Waals surface area contributed by atoms with Gasteiger partial charge >= 0.3 is 5.97 Å². The number of aliphatic carboxylic acids is 1. The maximum Gasteiger partial charge on any atom is 0.328 e. The predicted molar refractivity (Wildman–Crippen MR) is 53.7 cm³/mol. The van der Waals surface area contributed by atoms with Gasteiger partial charge in [-0.15, -0.1) is 15.0 Å². The van der Waals surface area contributed by atoms with Crippen LogP contribution in [-0.2, 0) is 4.79 Å². The summed E-state index contributed by atoms with van der Waals surface area (Å²) < 4.78 is 0. The molecule has 1 atom stereocenters. The first-order valence-electron chi connectivity index (χ1n) is 4.52. The van der Waals surface area contributed by atoms with Crippen molar-refractivity contribution in [2.45, 2.75) is 6.04 Å². The number of rotatable bonds is 3. The number of carbonyl (C=O) groups is 1. The third kappa shape index (κ3) is 1.89. The second kappa shape index (κ2) is 4.07. The van der Waals surface area contributed by atoms with E-state index in [1.807, 2.05) is 18.2 Å². The number of hydrogen-bond donors (Lipinski definition) is 2. The van der Waals surface area contributed by atoms with Crippen LogP contribution in [0.3, 0.4) is 0 Å². The summed E-state index contributed by atoms with van der Waals surface area (Å²) in [6.45, 7) is 0. The van der Waals surface area contributed by atoms with E-state index in [0.29, 0.717) is 5.69 Å². The second-order valence-electron chi connectivity index (χ2n) is 3.09. The molecule has 1 heterocycles. The zero-order chi connectivity index (χ0) is 11.5. The summed E-state index contributed by atoms with van der Waals surface area (Å²) >= 11 is 0. The number of carboxylic acid groups (broad SMARTS) is 1. The van der Waals surface area contributed by atoms with Gasteiger partial charge in [0, 0.05) is 0 Å². The Balaban J connectivity index is 2.30. The Bertz CT molecular complexity index is 496. The molecule has 1 aromatic heterocycles. The normalized spacial score (nSPS) is 12.3. The molecule has 3 N–H and O–H groups in total. The fourth-order valence-corrected chi connectivity index (χ4v) is 1.13. The number of tetrazole rings is 1. The average Bonchev–Trinajstić information content (AvgIpc) is 2.78. The highest BCUT2D eigenvalue weighted by molar-refractivity contribution is 5.73. The van der Waals surface area contributed by atoms with E-state index in [1.54, 1.807) is 12.1 Å². The Morgan fingerprint density at radius 3 is 2.69 bits per heavy atom. The molecule has 0 radical (unpaired) electrons. The van der Waals surface area contributed by atoms with Crippen LogP contribution in [-0.4, -0.2) is 31.3 Å². The molecule has 0 aliphatic heterocycles. The molecule has 7 nitrogen and oxygen atoms in total. The lowest BCUT2D eigenvalue weighted by Crippen LogP contribution is -2.22. The molecular formula is C9H9N5O2. The van der Waals surface area contributed by atoms with Crippen LogP contribution in [0, 0.1) is 0 Å². The summed E-state index contributed by atoms with van der Waals surface area (Å²) in [6.07, 6.45) is 0. The SMILES string of the molecule is NC(C(=O)O)c1nnn(-c2ccccc2)n1. The van der Waals surface area contributed by atoms with Crippen molar-refractivity contribution in [3.05, 3.63) is 36.2 Å². The van der Waals surface area contributed by atoms with Crippen molar-refractivity contribution in [2.75, 3.05) is 0 Å². The van der Waals surface area contributed by atoms with E-state index in [-0.39, 0.29) is 5.82 Å². The summed E-state index contributed by atoms with van der Waals surface area (Å²) in [5.41, 5.74) is 6.04. The maximum absolute atomic E-state index is 10.6. The minimum absolute atomic E-state index is 0.0173. The first kappa shape index (κ1) is 10.2. The molecule has 7 heteroatoms. The molecule has 1 unspecified atom stereocenters. The van der Waals surface area contributed by atoms with E-state index in [2.05, 4.69) is 15.4 Å². The smallest absolute Gasteiger partial charge is 0.328 e. The lowest BCUT2D eigenvalue weighted by atomic mass is 10.3. The van der Waals surface area contributed by atoms with Gasteiger partial charge in [-0.05, 0) is 17.3 Å². The lowest BCUT2D eigenvalue weighted by Gasteiger charge is -1.98. The highest BCUT2D eigenvalue weighted by Gasteiger charge is 2.20. The molecule has 0 fully saturated rings. The molecule has 0 amide bonds. The summed E-state index contributed by atoms with van der Waals surface area (Å²) in [5, 5.41) is 19.9. The van der Waals surface area contributed by atoms with Gasteiger partial charge in [0.25, 0.3) is 0 Å². The number of carboxylic acids is 1. The van der Waals surface area contributed by atoms with Crippen molar-refractivity contribution < 1.29 is 9.90 Å². The van der Waals surface area contributed by atoms with Crippen LogP contribution in [0.2, 0.25) is 0 Å². The van der Waals surface area contributed by atoms with E-state index < -0.39 is 12.0 Å². The molecule has 82 valence electrons. The second-order valence-corrected chi connectivity index (χ2v) is 3.09. The summed E-state index contributed by atoms with van der Waals surface area (Å²) in [6, 6.07) is 7.78. The van der Waals surface area contributed by atoms with Gasteiger partial charge in [-0.1, -0.05) is 18.2 Å². The molecule has 1 aromatic carbocycles. The summed E-state index contributed by atoms with van der Waals surface area (Å²) in [7, 11) is 0. The molecule has 2 rings (SSSR count). The molecule has 16 heavy (non-hydrogen) atoms. The van der Waals surface area contributed by atoms with E-state index in [1.165, 1.54) is 4.80 Å². The van der Waals surface area contributed by atoms with E-state index in [4.69, 9.17) is 10.8 Å². The number of hydrogen-bond acceptors (Lipinski definition) is 5. The molecule has 0 aliphatic carbocycles. The van der Waals surface area contributed by atoms with Crippen LogP contribution in [0.5, 0.6) is 0 Å². The summed E-state index contributed by atoms with van der Waals surface area (Å²) in [4.78, 5) is 11.8. The predicted octanol–water partition coefficient (Wildman–Crippen LogP) is -0.253. The summed E-state index contributed by atoms with van der Waals surface area (Å²) in [5.74, 6) is -1.20. The monoisotopic (exact) mass is 219 g/mol. The van der Waals surface area contributed by atoms with Gasteiger partial charge in [-0.3, -0.25) is 4.79 Å². The van der Waals surface area contributed by atoms with Crippen molar-refractivity contribution in [2.24, 2.45) is 5.73 Å². The molecule has 0 aliphatic rings. The maximum atomic E-state index is 10.6. The molecular weight excluding hydrogens is 210 g/mol. The van der Waals surface area contributed by atoms with Crippen molar-refractivity contribution in [3.8, 4) is 5.69 Å². The zero-order valence-electron chi connectivity index (χ0n) is 8.19. The molecule has 2 aromatic rings. The van der Waals surface area contributed by atoms with Crippen LogP contribution in [0.25, 0.3) is 5.69 Å². The van der Waals surface area contributed by atoms with Gasteiger partial charge in [0.05, 0.1) is 5.69 Å². The first-order valence-corrected chi connectivity index (χ1v) is 4.52. The largest absolute Gasteiger partial charge is 0.480 e. The van der Waals surface area contributed by atoms with Gasteiger partial charge in [0.1, 0.15) is 0 Å². The van der Waals surface area contributed by atoms with Gasteiger partial charge in [0.15, 0.2) is 6.04 Å². The Hall–Kier alpha value is -2.28. The van der Waals surface area contributed by atoms with E-state index >= 15 is 0 Å². The number of aromatic nitrogens is 4.